The molecule has 1 atom stereocenters. The quantitative estimate of drug-likeness (QED) is 0.765. The second-order valence-corrected chi connectivity index (χ2v) is 5.66. The summed E-state index contributed by atoms with van der Waals surface area (Å²) in [6.07, 6.45) is 4.42. The van der Waals surface area contributed by atoms with Gasteiger partial charge in [0.05, 0.1) is 11.8 Å². The van der Waals surface area contributed by atoms with Gasteiger partial charge in [-0.25, -0.2) is 0 Å². The SMILES string of the molecule is C[C@H](NC(=O)c1ccoc1)C(=O)NCCCc1ccc(Cl)cc1. The largest absolute Gasteiger partial charge is 0.472 e. The Labute approximate surface area is 140 Å². The van der Waals surface area contributed by atoms with Crippen LogP contribution in [0.1, 0.15) is 29.3 Å². The lowest BCUT2D eigenvalue weighted by atomic mass is 10.1. The third-order valence-corrected chi connectivity index (χ3v) is 3.63. The maximum absolute atomic E-state index is 11.9. The van der Waals surface area contributed by atoms with Crippen molar-refractivity contribution < 1.29 is 14.0 Å². The van der Waals surface area contributed by atoms with E-state index in [0.29, 0.717) is 17.1 Å². The summed E-state index contributed by atoms with van der Waals surface area (Å²) in [6, 6.07) is 8.58. The van der Waals surface area contributed by atoms with Gasteiger partial charge in [0.25, 0.3) is 5.91 Å². The van der Waals surface area contributed by atoms with Crippen molar-refractivity contribution >= 4 is 23.4 Å². The summed E-state index contributed by atoms with van der Waals surface area (Å²) in [5, 5.41) is 6.15. The van der Waals surface area contributed by atoms with Crippen molar-refractivity contribution in [2.24, 2.45) is 0 Å². The number of nitrogens with one attached hydrogen (secondary N) is 2. The van der Waals surface area contributed by atoms with Gasteiger partial charge in [0.2, 0.25) is 5.91 Å². The van der Waals surface area contributed by atoms with Crippen molar-refractivity contribution in [1.29, 1.82) is 0 Å². The topological polar surface area (TPSA) is 71.3 Å². The van der Waals surface area contributed by atoms with Crippen LogP contribution in [0.2, 0.25) is 5.02 Å². The standard InChI is InChI=1S/C17H19ClN2O3/c1-12(20-17(22)14-8-10-23-11-14)16(21)19-9-2-3-13-4-6-15(18)7-5-13/h4-8,10-12H,2-3,9H2,1H3,(H,19,21)(H,20,22)/t12-/m0/s1. The van der Waals surface area contributed by atoms with E-state index in [1.807, 2.05) is 24.3 Å². The van der Waals surface area contributed by atoms with Gasteiger partial charge >= 0.3 is 0 Å². The Kier molecular flexibility index (Phi) is 6.23. The van der Waals surface area contributed by atoms with E-state index in [-0.39, 0.29) is 11.8 Å². The minimum absolute atomic E-state index is 0.210. The molecule has 2 rings (SSSR count). The molecule has 0 saturated heterocycles. The number of hydrogen-bond acceptors (Lipinski definition) is 3. The van der Waals surface area contributed by atoms with Crippen molar-refractivity contribution in [3.05, 3.63) is 59.0 Å². The van der Waals surface area contributed by atoms with Crippen LogP contribution in [0.15, 0.2) is 47.3 Å². The fourth-order valence-corrected chi connectivity index (χ4v) is 2.17. The molecular formula is C17H19ClN2O3. The van der Waals surface area contributed by atoms with Crippen LogP contribution >= 0.6 is 11.6 Å². The molecule has 0 saturated carbocycles. The molecule has 0 spiro atoms. The summed E-state index contributed by atoms with van der Waals surface area (Å²) in [5.41, 5.74) is 1.57. The molecule has 1 aromatic carbocycles. The molecule has 1 aromatic heterocycles. The average Bonchev–Trinajstić information content (AvgIpc) is 3.07. The summed E-state index contributed by atoms with van der Waals surface area (Å²) >= 11 is 5.83. The van der Waals surface area contributed by atoms with E-state index < -0.39 is 6.04 Å². The molecule has 23 heavy (non-hydrogen) atoms. The van der Waals surface area contributed by atoms with Gasteiger partial charge in [-0.2, -0.15) is 0 Å². The Morgan fingerprint density at radius 1 is 1.22 bits per heavy atom. The Balaban J connectivity index is 1.67. The molecule has 0 aliphatic rings. The molecular weight excluding hydrogens is 316 g/mol. The van der Waals surface area contributed by atoms with Crippen molar-refractivity contribution in [3.8, 4) is 0 Å². The van der Waals surface area contributed by atoms with E-state index in [2.05, 4.69) is 10.6 Å². The Morgan fingerprint density at radius 3 is 2.61 bits per heavy atom. The van der Waals surface area contributed by atoms with Crippen LogP contribution in [0.4, 0.5) is 0 Å². The fraction of sp³-hybridized carbons (Fsp3) is 0.294. The third kappa shape index (κ3) is 5.45. The number of hydrogen-bond donors (Lipinski definition) is 2. The highest BCUT2D eigenvalue weighted by Crippen LogP contribution is 2.10. The molecule has 5 nitrogen and oxygen atoms in total. The first-order valence-corrected chi connectivity index (χ1v) is 7.79. The molecule has 0 fully saturated rings. The lowest BCUT2D eigenvalue weighted by Crippen LogP contribution is -2.45. The molecule has 1 heterocycles. The molecule has 2 amide bonds. The number of amides is 2. The summed E-state index contributed by atoms with van der Waals surface area (Å²) in [7, 11) is 0. The molecule has 0 radical (unpaired) electrons. The molecule has 0 bridgehead atoms. The van der Waals surface area contributed by atoms with Gasteiger partial charge in [0.1, 0.15) is 12.3 Å². The second-order valence-electron chi connectivity index (χ2n) is 5.23. The van der Waals surface area contributed by atoms with E-state index in [1.54, 1.807) is 13.0 Å². The van der Waals surface area contributed by atoms with E-state index >= 15 is 0 Å². The van der Waals surface area contributed by atoms with Gasteiger partial charge in [-0.15, -0.1) is 0 Å². The van der Waals surface area contributed by atoms with Gasteiger partial charge in [0, 0.05) is 11.6 Å². The summed E-state index contributed by atoms with van der Waals surface area (Å²) < 4.78 is 4.84. The molecule has 0 aliphatic heterocycles. The summed E-state index contributed by atoms with van der Waals surface area (Å²) in [4.78, 5) is 23.7. The van der Waals surface area contributed by atoms with E-state index in [4.69, 9.17) is 16.0 Å². The predicted molar refractivity (Wildman–Crippen MR) is 88.4 cm³/mol. The Hall–Kier alpha value is -2.27. The van der Waals surface area contributed by atoms with Gasteiger partial charge < -0.3 is 15.1 Å². The maximum Gasteiger partial charge on any atom is 0.255 e. The second kappa shape index (κ2) is 8.39. The lowest BCUT2D eigenvalue weighted by molar-refractivity contribution is -0.122. The Bertz CT molecular complexity index is 638. The lowest BCUT2D eigenvalue weighted by Gasteiger charge is -2.13. The van der Waals surface area contributed by atoms with Crippen molar-refractivity contribution in [3.63, 3.8) is 0 Å². The number of rotatable bonds is 7. The summed E-state index contributed by atoms with van der Waals surface area (Å²) in [5.74, 6) is -0.541. The number of benzene rings is 1. The van der Waals surface area contributed by atoms with Gasteiger partial charge in [-0.1, -0.05) is 23.7 Å². The highest BCUT2D eigenvalue weighted by Gasteiger charge is 2.16. The number of carbonyl (C=O) groups is 2. The highest BCUT2D eigenvalue weighted by molar-refractivity contribution is 6.30. The van der Waals surface area contributed by atoms with E-state index in [9.17, 15) is 9.59 Å². The number of aryl methyl sites for hydroxylation is 1. The van der Waals surface area contributed by atoms with Crippen molar-refractivity contribution in [1.82, 2.24) is 10.6 Å². The van der Waals surface area contributed by atoms with Crippen LogP contribution in [0.5, 0.6) is 0 Å². The van der Waals surface area contributed by atoms with Gasteiger partial charge in [0.15, 0.2) is 0 Å². The van der Waals surface area contributed by atoms with Crippen LogP contribution in [0, 0.1) is 0 Å². The van der Waals surface area contributed by atoms with Gasteiger partial charge in [-0.05, 0) is 43.5 Å². The predicted octanol–water partition coefficient (Wildman–Crippen LogP) is 2.80. The first-order chi connectivity index (χ1) is 11.1. The molecule has 2 aromatic rings. The van der Waals surface area contributed by atoms with Crippen LogP contribution in [0.3, 0.4) is 0 Å². The fourth-order valence-electron chi connectivity index (χ4n) is 2.05. The van der Waals surface area contributed by atoms with Crippen LogP contribution < -0.4 is 10.6 Å². The maximum atomic E-state index is 11.9. The van der Waals surface area contributed by atoms with Crippen LogP contribution in [-0.2, 0) is 11.2 Å². The van der Waals surface area contributed by atoms with Crippen molar-refractivity contribution in [2.45, 2.75) is 25.8 Å². The average molecular weight is 335 g/mol. The third-order valence-electron chi connectivity index (χ3n) is 3.38. The van der Waals surface area contributed by atoms with Crippen LogP contribution in [0.25, 0.3) is 0 Å². The molecule has 122 valence electrons. The number of halogens is 1. The molecule has 0 aliphatic carbocycles. The number of furan rings is 1. The molecule has 2 N–H and O–H groups in total. The Morgan fingerprint density at radius 2 is 1.96 bits per heavy atom. The monoisotopic (exact) mass is 334 g/mol. The highest BCUT2D eigenvalue weighted by atomic mass is 35.5. The zero-order valence-corrected chi connectivity index (χ0v) is 13.6. The zero-order chi connectivity index (χ0) is 16.7. The minimum Gasteiger partial charge on any atom is -0.472 e. The normalized spacial score (nSPS) is 11.7. The molecule has 0 unspecified atom stereocenters. The number of carbonyl (C=O) groups excluding carboxylic acids is 2. The van der Waals surface area contributed by atoms with Crippen LogP contribution in [-0.4, -0.2) is 24.4 Å². The first kappa shape index (κ1) is 17.1. The molecule has 6 heteroatoms. The van der Waals surface area contributed by atoms with Crippen molar-refractivity contribution in [2.75, 3.05) is 6.54 Å². The first-order valence-electron chi connectivity index (χ1n) is 7.41. The van der Waals surface area contributed by atoms with E-state index in [1.165, 1.54) is 18.1 Å². The minimum atomic E-state index is -0.604. The zero-order valence-electron chi connectivity index (χ0n) is 12.8. The smallest absolute Gasteiger partial charge is 0.255 e. The summed E-state index contributed by atoms with van der Waals surface area (Å²) in [6.45, 7) is 2.19. The van der Waals surface area contributed by atoms with Gasteiger partial charge in [-0.3, -0.25) is 9.59 Å². The van der Waals surface area contributed by atoms with E-state index in [0.717, 1.165) is 12.8 Å².